The van der Waals surface area contributed by atoms with Crippen molar-refractivity contribution in [3.05, 3.63) is 35.4 Å². The van der Waals surface area contributed by atoms with Crippen molar-refractivity contribution in [2.24, 2.45) is 0 Å². The molecule has 0 aliphatic carbocycles. The van der Waals surface area contributed by atoms with Crippen molar-refractivity contribution < 1.29 is 4.79 Å². The maximum absolute atomic E-state index is 10.1. The van der Waals surface area contributed by atoms with E-state index >= 15 is 0 Å². The monoisotopic (exact) mass is 205 g/mol. The van der Waals surface area contributed by atoms with Crippen LogP contribution < -0.4 is 5.32 Å². The predicted octanol–water partition coefficient (Wildman–Crippen LogP) is 1.55. The number of amides is 1. The number of carbonyl (C=O) groups excluding carboxylic acids is 1. The third kappa shape index (κ3) is 3.42. The summed E-state index contributed by atoms with van der Waals surface area (Å²) in [5.41, 5.74) is 2.83. The zero-order valence-electron chi connectivity index (χ0n) is 9.00. The second-order valence-electron chi connectivity index (χ2n) is 3.37. The second kappa shape index (κ2) is 5.14. The van der Waals surface area contributed by atoms with Crippen LogP contribution in [0.5, 0.6) is 0 Å². The molecule has 0 radical (unpaired) electrons. The average molecular weight is 205 g/mol. The lowest BCUT2D eigenvalue weighted by atomic mass is 10.2. The van der Waals surface area contributed by atoms with Gasteiger partial charge in [-0.1, -0.05) is 18.2 Å². The molecule has 80 valence electrons. The van der Waals surface area contributed by atoms with E-state index < -0.39 is 0 Å². The molecule has 0 fully saturated rings. The molecule has 0 aromatic carbocycles. The van der Waals surface area contributed by atoms with Crippen LogP contribution in [-0.2, 0) is 11.3 Å². The van der Waals surface area contributed by atoms with Gasteiger partial charge in [-0.25, -0.2) is 4.98 Å². The summed E-state index contributed by atoms with van der Waals surface area (Å²) >= 11 is 0. The molecule has 0 aliphatic rings. The minimum atomic E-state index is 0.422. The van der Waals surface area contributed by atoms with Crippen LogP contribution in [0, 0.1) is 6.92 Å². The molecule has 0 aliphatic heterocycles. The number of H-pyrrole nitrogens is 1. The van der Waals surface area contributed by atoms with Crippen LogP contribution in [0.4, 0.5) is 0 Å². The fourth-order valence-corrected chi connectivity index (χ4v) is 1.14. The van der Waals surface area contributed by atoms with Gasteiger partial charge in [-0.3, -0.25) is 4.79 Å². The number of rotatable bonds is 5. The molecule has 2 N–H and O–H groups in total. The van der Waals surface area contributed by atoms with Crippen molar-refractivity contribution in [1.29, 1.82) is 0 Å². The van der Waals surface area contributed by atoms with Gasteiger partial charge in [0.15, 0.2) is 0 Å². The molecule has 0 spiro atoms. The molecule has 15 heavy (non-hydrogen) atoms. The number of carbonyl (C=O) groups is 1. The van der Waals surface area contributed by atoms with Gasteiger partial charge in [-0.05, 0) is 19.9 Å². The number of hydrogen-bond acceptors (Lipinski definition) is 2. The van der Waals surface area contributed by atoms with Crippen LogP contribution in [0.3, 0.4) is 0 Å². The van der Waals surface area contributed by atoms with E-state index in [-0.39, 0.29) is 0 Å². The first-order valence-electron chi connectivity index (χ1n) is 4.69. The summed E-state index contributed by atoms with van der Waals surface area (Å²) in [6.07, 6.45) is 4.46. The lowest BCUT2D eigenvalue weighted by molar-refractivity contribution is -0.109. The SMILES string of the molecule is C=C(C)/C=C\c1nc(CNC=O)[nH]c1C. The third-order valence-electron chi connectivity index (χ3n) is 1.85. The first kappa shape index (κ1) is 11.2. The number of imidazole rings is 1. The maximum Gasteiger partial charge on any atom is 0.207 e. The average Bonchev–Trinajstić information content (AvgIpc) is 2.53. The molecule has 1 aromatic rings. The molecule has 0 unspecified atom stereocenters. The van der Waals surface area contributed by atoms with Crippen LogP contribution in [-0.4, -0.2) is 16.4 Å². The van der Waals surface area contributed by atoms with Gasteiger partial charge in [-0.15, -0.1) is 0 Å². The van der Waals surface area contributed by atoms with E-state index in [0.717, 1.165) is 22.8 Å². The van der Waals surface area contributed by atoms with Crippen molar-refractivity contribution >= 4 is 12.5 Å². The highest BCUT2D eigenvalue weighted by Crippen LogP contribution is 2.08. The highest BCUT2D eigenvalue weighted by atomic mass is 16.1. The molecule has 0 saturated heterocycles. The quantitative estimate of drug-likeness (QED) is 0.566. The van der Waals surface area contributed by atoms with E-state index in [2.05, 4.69) is 21.9 Å². The first-order chi connectivity index (χ1) is 7.13. The Labute approximate surface area is 89.1 Å². The molecule has 1 aromatic heterocycles. The molecule has 0 saturated carbocycles. The van der Waals surface area contributed by atoms with Crippen LogP contribution in [0.2, 0.25) is 0 Å². The largest absolute Gasteiger partial charge is 0.351 e. The molecule has 4 nitrogen and oxygen atoms in total. The van der Waals surface area contributed by atoms with Gasteiger partial charge in [0.1, 0.15) is 5.82 Å². The molecule has 1 rings (SSSR count). The molecule has 0 bridgehead atoms. The minimum Gasteiger partial charge on any atom is -0.351 e. The van der Waals surface area contributed by atoms with Gasteiger partial charge < -0.3 is 10.3 Å². The summed E-state index contributed by atoms with van der Waals surface area (Å²) in [5.74, 6) is 0.751. The third-order valence-corrected chi connectivity index (χ3v) is 1.85. The van der Waals surface area contributed by atoms with E-state index in [9.17, 15) is 4.79 Å². The summed E-state index contributed by atoms with van der Waals surface area (Å²) in [5, 5.41) is 2.55. The Hall–Kier alpha value is -1.84. The fourth-order valence-electron chi connectivity index (χ4n) is 1.14. The van der Waals surface area contributed by atoms with Crippen molar-refractivity contribution in [2.75, 3.05) is 0 Å². The van der Waals surface area contributed by atoms with Gasteiger partial charge in [0.2, 0.25) is 6.41 Å². The number of hydrogen-bond donors (Lipinski definition) is 2. The van der Waals surface area contributed by atoms with E-state index in [1.165, 1.54) is 0 Å². The summed E-state index contributed by atoms with van der Waals surface area (Å²) in [7, 11) is 0. The maximum atomic E-state index is 10.1. The Morgan fingerprint density at radius 2 is 2.40 bits per heavy atom. The summed E-state index contributed by atoms with van der Waals surface area (Å²) in [6.45, 7) is 8.06. The molecule has 1 heterocycles. The van der Waals surface area contributed by atoms with Crippen molar-refractivity contribution in [1.82, 2.24) is 15.3 Å². The number of aryl methyl sites for hydroxylation is 1. The van der Waals surface area contributed by atoms with Crippen molar-refractivity contribution in [3.8, 4) is 0 Å². The van der Waals surface area contributed by atoms with Gasteiger partial charge >= 0.3 is 0 Å². The van der Waals surface area contributed by atoms with Crippen molar-refractivity contribution in [2.45, 2.75) is 20.4 Å². The number of aromatic amines is 1. The topological polar surface area (TPSA) is 57.8 Å². The van der Waals surface area contributed by atoms with Gasteiger partial charge in [0, 0.05) is 5.69 Å². The van der Waals surface area contributed by atoms with Gasteiger partial charge in [-0.2, -0.15) is 0 Å². The predicted molar refractivity (Wildman–Crippen MR) is 60.1 cm³/mol. The van der Waals surface area contributed by atoms with Gasteiger partial charge in [0.05, 0.1) is 12.2 Å². The fraction of sp³-hybridized carbons (Fsp3) is 0.273. The lowest BCUT2D eigenvalue weighted by Crippen LogP contribution is -2.10. The minimum absolute atomic E-state index is 0.422. The number of aromatic nitrogens is 2. The van der Waals surface area contributed by atoms with E-state index in [4.69, 9.17) is 0 Å². The van der Waals surface area contributed by atoms with E-state index in [1.807, 2.05) is 26.0 Å². The zero-order chi connectivity index (χ0) is 11.3. The molecule has 1 amide bonds. The lowest BCUT2D eigenvalue weighted by Gasteiger charge is -1.91. The molecule has 4 heteroatoms. The smallest absolute Gasteiger partial charge is 0.207 e. The highest BCUT2D eigenvalue weighted by Gasteiger charge is 2.02. The van der Waals surface area contributed by atoms with E-state index in [1.54, 1.807) is 0 Å². The highest BCUT2D eigenvalue weighted by molar-refractivity contribution is 5.51. The number of nitrogens with zero attached hydrogens (tertiary/aromatic N) is 1. The normalized spacial score (nSPS) is 10.5. The Bertz CT molecular complexity index is 391. The van der Waals surface area contributed by atoms with Crippen molar-refractivity contribution in [3.63, 3.8) is 0 Å². The first-order valence-corrected chi connectivity index (χ1v) is 4.69. The summed E-state index contributed by atoms with van der Waals surface area (Å²) in [4.78, 5) is 17.5. The summed E-state index contributed by atoms with van der Waals surface area (Å²) in [6, 6.07) is 0. The molecular weight excluding hydrogens is 190 g/mol. The Balaban J connectivity index is 2.76. The van der Waals surface area contributed by atoms with Crippen LogP contribution in [0.1, 0.15) is 24.1 Å². The number of allylic oxidation sites excluding steroid dienone is 2. The van der Waals surface area contributed by atoms with Crippen LogP contribution in [0.25, 0.3) is 6.08 Å². The standard InChI is InChI=1S/C11H15N3O/c1-8(2)4-5-10-9(3)13-11(14-10)6-12-7-15/h4-5,7H,1,6H2,2-3H3,(H,12,15)(H,13,14)/b5-4-. The van der Waals surface area contributed by atoms with Gasteiger partial charge in [0.25, 0.3) is 0 Å². The summed E-state index contributed by atoms with van der Waals surface area (Å²) < 4.78 is 0. The Kier molecular flexibility index (Phi) is 3.85. The van der Waals surface area contributed by atoms with Crippen LogP contribution >= 0.6 is 0 Å². The number of nitrogens with one attached hydrogen (secondary N) is 2. The van der Waals surface area contributed by atoms with Crippen LogP contribution in [0.15, 0.2) is 18.2 Å². The molecule has 0 atom stereocenters. The zero-order valence-corrected chi connectivity index (χ0v) is 9.00. The molecular formula is C11H15N3O. The Morgan fingerprint density at radius 1 is 1.67 bits per heavy atom. The van der Waals surface area contributed by atoms with E-state index in [0.29, 0.717) is 13.0 Å². The Morgan fingerprint density at radius 3 is 3.00 bits per heavy atom. The second-order valence-corrected chi connectivity index (χ2v) is 3.37.